The molecule has 0 heterocycles. The van der Waals surface area contributed by atoms with E-state index in [-0.39, 0.29) is 6.04 Å². The number of halogens is 2. The predicted octanol–water partition coefficient (Wildman–Crippen LogP) is 2.99. The lowest BCUT2D eigenvalue weighted by Crippen LogP contribution is -2.17. The van der Waals surface area contributed by atoms with Crippen molar-refractivity contribution in [1.82, 2.24) is 0 Å². The van der Waals surface area contributed by atoms with Gasteiger partial charge in [-0.1, -0.05) is 17.7 Å². The van der Waals surface area contributed by atoms with Gasteiger partial charge in [-0.15, -0.1) is 0 Å². The van der Waals surface area contributed by atoms with E-state index in [1.54, 1.807) is 0 Å². The largest absolute Gasteiger partial charge is 0.328 e. The van der Waals surface area contributed by atoms with Crippen LogP contribution in [0.15, 0.2) is 22.7 Å². The number of hydrogen-bond acceptors (Lipinski definition) is 1. The van der Waals surface area contributed by atoms with Gasteiger partial charge in [0.2, 0.25) is 0 Å². The van der Waals surface area contributed by atoms with Gasteiger partial charge in [0.05, 0.1) is 5.02 Å². The molecule has 0 amide bonds. The molecule has 1 nitrogen and oxygen atoms in total. The molecular weight excluding hydrogens is 237 g/mol. The molecular formula is C9H11BrClN. The maximum absolute atomic E-state index is 5.91. The molecule has 0 unspecified atom stereocenters. The molecule has 0 fully saturated rings. The fourth-order valence-corrected chi connectivity index (χ4v) is 1.49. The van der Waals surface area contributed by atoms with E-state index in [0.717, 1.165) is 15.9 Å². The van der Waals surface area contributed by atoms with E-state index >= 15 is 0 Å². The summed E-state index contributed by atoms with van der Waals surface area (Å²) in [5.74, 6) is 0. The Morgan fingerprint density at radius 3 is 2.75 bits per heavy atom. The zero-order chi connectivity index (χ0) is 9.14. The van der Waals surface area contributed by atoms with Crippen LogP contribution in [-0.2, 0) is 6.42 Å². The zero-order valence-corrected chi connectivity index (χ0v) is 9.19. The Balaban J connectivity index is 2.82. The summed E-state index contributed by atoms with van der Waals surface area (Å²) >= 11 is 9.24. The molecule has 0 saturated carbocycles. The summed E-state index contributed by atoms with van der Waals surface area (Å²) in [4.78, 5) is 0. The van der Waals surface area contributed by atoms with Crippen molar-refractivity contribution in [2.45, 2.75) is 19.4 Å². The van der Waals surface area contributed by atoms with Crippen molar-refractivity contribution in [2.75, 3.05) is 0 Å². The second kappa shape index (κ2) is 4.26. The van der Waals surface area contributed by atoms with E-state index in [9.17, 15) is 0 Å². The van der Waals surface area contributed by atoms with Crippen LogP contribution in [0.3, 0.4) is 0 Å². The monoisotopic (exact) mass is 247 g/mol. The van der Waals surface area contributed by atoms with E-state index in [4.69, 9.17) is 17.3 Å². The number of rotatable bonds is 2. The van der Waals surface area contributed by atoms with Crippen LogP contribution in [0.25, 0.3) is 0 Å². The summed E-state index contributed by atoms with van der Waals surface area (Å²) in [6.45, 7) is 1.98. The fourth-order valence-electron chi connectivity index (χ4n) is 1.04. The Morgan fingerprint density at radius 2 is 2.25 bits per heavy atom. The molecule has 12 heavy (non-hydrogen) atoms. The van der Waals surface area contributed by atoms with E-state index in [1.165, 1.54) is 5.56 Å². The molecule has 0 bridgehead atoms. The highest BCUT2D eigenvalue weighted by Crippen LogP contribution is 2.23. The standard InChI is InChI=1S/C9H11BrClN/c1-6(12)4-7-2-3-8(10)9(11)5-7/h2-3,5-6H,4,12H2,1H3/t6-/m0/s1. The molecule has 0 radical (unpaired) electrons. The number of hydrogen-bond donors (Lipinski definition) is 1. The van der Waals surface area contributed by atoms with Crippen LogP contribution in [-0.4, -0.2) is 6.04 Å². The molecule has 1 atom stereocenters. The Kier molecular flexibility index (Phi) is 3.56. The zero-order valence-electron chi connectivity index (χ0n) is 6.85. The van der Waals surface area contributed by atoms with Crippen LogP contribution in [0.4, 0.5) is 0 Å². The Morgan fingerprint density at radius 1 is 1.58 bits per heavy atom. The second-order valence-corrected chi connectivity index (χ2v) is 4.19. The first-order valence-corrected chi connectivity index (χ1v) is 4.96. The van der Waals surface area contributed by atoms with Gasteiger partial charge < -0.3 is 5.73 Å². The van der Waals surface area contributed by atoms with Crippen LogP contribution in [0, 0.1) is 0 Å². The van der Waals surface area contributed by atoms with Crippen LogP contribution < -0.4 is 5.73 Å². The van der Waals surface area contributed by atoms with Crippen molar-refractivity contribution >= 4 is 27.5 Å². The smallest absolute Gasteiger partial charge is 0.0550 e. The van der Waals surface area contributed by atoms with Gasteiger partial charge in [-0.3, -0.25) is 0 Å². The third-order valence-corrected chi connectivity index (χ3v) is 2.77. The fraction of sp³-hybridized carbons (Fsp3) is 0.333. The van der Waals surface area contributed by atoms with Gasteiger partial charge in [0.15, 0.2) is 0 Å². The molecule has 1 aromatic rings. The first kappa shape index (κ1) is 10.0. The third kappa shape index (κ3) is 2.77. The first-order valence-electron chi connectivity index (χ1n) is 3.79. The third-order valence-electron chi connectivity index (χ3n) is 1.54. The molecule has 3 heteroatoms. The molecule has 1 rings (SSSR count). The van der Waals surface area contributed by atoms with Crippen molar-refractivity contribution in [3.63, 3.8) is 0 Å². The Bertz CT molecular complexity index is 273. The SMILES string of the molecule is C[C@H](N)Cc1ccc(Br)c(Cl)c1. The average molecular weight is 249 g/mol. The predicted molar refractivity (Wildman–Crippen MR) is 56.5 cm³/mol. The quantitative estimate of drug-likeness (QED) is 0.855. The van der Waals surface area contributed by atoms with Crippen molar-refractivity contribution < 1.29 is 0 Å². The summed E-state index contributed by atoms with van der Waals surface area (Å²) in [6, 6.07) is 6.09. The van der Waals surface area contributed by atoms with Crippen LogP contribution >= 0.6 is 27.5 Å². The van der Waals surface area contributed by atoms with Crippen LogP contribution in [0.5, 0.6) is 0 Å². The van der Waals surface area contributed by atoms with Gasteiger partial charge in [0.25, 0.3) is 0 Å². The lowest BCUT2D eigenvalue weighted by atomic mass is 10.1. The first-order chi connectivity index (χ1) is 5.59. The minimum absolute atomic E-state index is 0.183. The number of benzene rings is 1. The highest BCUT2D eigenvalue weighted by atomic mass is 79.9. The lowest BCUT2D eigenvalue weighted by molar-refractivity contribution is 0.738. The van der Waals surface area contributed by atoms with Crippen LogP contribution in [0.2, 0.25) is 5.02 Å². The molecule has 66 valence electrons. The summed E-state index contributed by atoms with van der Waals surface area (Å²) in [5, 5.41) is 0.744. The van der Waals surface area contributed by atoms with Gasteiger partial charge >= 0.3 is 0 Å². The lowest BCUT2D eigenvalue weighted by Gasteiger charge is -2.05. The molecule has 0 saturated heterocycles. The molecule has 0 aliphatic heterocycles. The van der Waals surface area contributed by atoms with E-state index in [2.05, 4.69) is 15.9 Å². The molecule has 0 spiro atoms. The van der Waals surface area contributed by atoms with Crippen molar-refractivity contribution in [3.8, 4) is 0 Å². The average Bonchev–Trinajstić information content (AvgIpc) is 1.96. The van der Waals surface area contributed by atoms with E-state index < -0.39 is 0 Å². The summed E-state index contributed by atoms with van der Waals surface area (Å²) < 4.78 is 0.928. The molecule has 2 N–H and O–H groups in total. The van der Waals surface area contributed by atoms with Gasteiger partial charge in [0, 0.05) is 10.5 Å². The highest BCUT2D eigenvalue weighted by Gasteiger charge is 2.00. The highest BCUT2D eigenvalue weighted by molar-refractivity contribution is 9.10. The van der Waals surface area contributed by atoms with Crippen LogP contribution in [0.1, 0.15) is 12.5 Å². The second-order valence-electron chi connectivity index (χ2n) is 2.93. The van der Waals surface area contributed by atoms with Crippen molar-refractivity contribution in [1.29, 1.82) is 0 Å². The van der Waals surface area contributed by atoms with Gasteiger partial charge in [-0.2, -0.15) is 0 Å². The Labute approximate surface area is 86.0 Å². The minimum Gasteiger partial charge on any atom is -0.328 e. The maximum atomic E-state index is 5.91. The molecule has 0 aliphatic rings. The normalized spacial score (nSPS) is 13.0. The molecule has 1 aromatic carbocycles. The van der Waals surface area contributed by atoms with E-state index in [1.807, 2.05) is 25.1 Å². The Hall–Kier alpha value is -0.0500. The van der Waals surface area contributed by atoms with Crippen molar-refractivity contribution in [3.05, 3.63) is 33.3 Å². The maximum Gasteiger partial charge on any atom is 0.0550 e. The van der Waals surface area contributed by atoms with Crippen molar-refractivity contribution in [2.24, 2.45) is 5.73 Å². The minimum atomic E-state index is 0.183. The molecule has 0 aromatic heterocycles. The summed E-state index contributed by atoms with van der Waals surface area (Å²) in [7, 11) is 0. The summed E-state index contributed by atoms with van der Waals surface area (Å²) in [5.41, 5.74) is 6.84. The van der Waals surface area contributed by atoms with E-state index in [0.29, 0.717) is 0 Å². The summed E-state index contributed by atoms with van der Waals surface area (Å²) in [6.07, 6.45) is 0.868. The van der Waals surface area contributed by atoms with Gasteiger partial charge in [0.1, 0.15) is 0 Å². The topological polar surface area (TPSA) is 26.0 Å². The van der Waals surface area contributed by atoms with Gasteiger partial charge in [-0.05, 0) is 47.0 Å². The molecule has 0 aliphatic carbocycles. The number of nitrogens with two attached hydrogens (primary N) is 1. The van der Waals surface area contributed by atoms with Gasteiger partial charge in [-0.25, -0.2) is 0 Å².